The van der Waals surface area contributed by atoms with Crippen LogP contribution in [0, 0.1) is 43.7 Å². The first-order chi connectivity index (χ1) is 19.2. The molecular formula is C38H29HoO-. The van der Waals surface area contributed by atoms with E-state index in [2.05, 4.69) is 97.1 Å². The van der Waals surface area contributed by atoms with E-state index in [1.807, 2.05) is 72.8 Å². The van der Waals surface area contributed by atoms with Crippen molar-refractivity contribution in [3.05, 3.63) is 209 Å². The molecule has 0 aromatic heterocycles. The van der Waals surface area contributed by atoms with Crippen LogP contribution in [-0.4, -0.2) is 5.11 Å². The van der Waals surface area contributed by atoms with Gasteiger partial charge in [0.1, 0.15) is 5.60 Å². The van der Waals surface area contributed by atoms with Gasteiger partial charge < -0.3 is 5.11 Å². The van der Waals surface area contributed by atoms with Crippen molar-refractivity contribution in [2.24, 2.45) is 0 Å². The fraction of sp³-hybridized carbons (Fsp3) is 0.0263. The van der Waals surface area contributed by atoms with Crippen molar-refractivity contribution in [1.82, 2.24) is 0 Å². The zero-order valence-corrected chi connectivity index (χ0v) is 23.8. The molecule has 0 spiro atoms. The molecule has 0 saturated carbocycles. The smallest absolute Gasteiger partial charge is 0.140 e. The molecule has 0 aliphatic heterocycles. The van der Waals surface area contributed by atoms with Crippen LogP contribution in [0.25, 0.3) is 11.1 Å². The molecule has 0 amide bonds. The van der Waals surface area contributed by atoms with Crippen LogP contribution in [0.15, 0.2) is 170 Å². The Morgan fingerprint density at radius 2 is 0.650 bits per heavy atom. The van der Waals surface area contributed by atoms with Gasteiger partial charge in [-0.05, 0) is 27.8 Å². The number of benzene rings is 6. The molecule has 0 aliphatic carbocycles. The second-order valence-electron chi connectivity index (χ2n) is 9.70. The number of hydrogen-bond donors (Lipinski definition) is 1. The fourth-order valence-electron chi connectivity index (χ4n) is 5.30. The molecule has 0 atom stereocenters. The van der Waals surface area contributed by atoms with E-state index in [1.54, 1.807) is 0 Å². The molecule has 6 aromatic carbocycles. The molecular weight excluding hydrogens is 637 g/mol. The molecule has 40 heavy (non-hydrogen) atoms. The summed E-state index contributed by atoms with van der Waals surface area (Å²) in [5.74, 6) is 1.22. The van der Waals surface area contributed by atoms with Crippen molar-refractivity contribution in [3.8, 4) is 11.1 Å². The summed E-state index contributed by atoms with van der Waals surface area (Å²) >= 11 is 0. The van der Waals surface area contributed by atoms with E-state index < -0.39 is 5.60 Å². The minimum Gasteiger partial charge on any atom is -0.376 e. The fourth-order valence-corrected chi connectivity index (χ4v) is 5.30. The molecule has 0 unspecified atom stereocenters. The van der Waals surface area contributed by atoms with E-state index in [0.29, 0.717) is 0 Å². The Bertz CT molecular complexity index is 1530. The third-order valence-electron chi connectivity index (χ3n) is 7.32. The Morgan fingerprint density at radius 1 is 0.350 bits per heavy atom. The Morgan fingerprint density at radius 3 is 1.05 bits per heavy atom. The van der Waals surface area contributed by atoms with Gasteiger partial charge in [-0.15, -0.1) is 0 Å². The predicted molar refractivity (Wildman–Crippen MR) is 160 cm³/mol. The summed E-state index contributed by atoms with van der Waals surface area (Å²) < 4.78 is 0. The van der Waals surface area contributed by atoms with E-state index in [-0.39, 0.29) is 37.7 Å². The Labute approximate surface area is 266 Å². The zero-order valence-electron chi connectivity index (χ0n) is 21.9. The van der Waals surface area contributed by atoms with Crippen molar-refractivity contribution >= 4 is 0 Å². The Kier molecular flexibility index (Phi) is 8.89. The summed E-state index contributed by atoms with van der Waals surface area (Å²) in [7, 11) is 0. The van der Waals surface area contributed by atoms with Crippen LogP contribution in [0.2, 0.25) is 0 Å². The average Bonchev–Trinajstić information content (AvgIpc) is 3.03. The second kappa shape index (κ2) is 12.7. The molecule has 2 heteroatoms. The number of rotatable bonds is 7. The zero-order chi connectivity index (χ0) is 26.5. The predicted octanol–water partition coefficient (Wildman–Crippen LogP) is 8.66. The van der Waals surface area contributed by atoms with Crippen LogP contribution in [0.4, 0.5) is 0 Å². The number of aliphatic hydroxyl groups is 1. The third-order valence-corrected chi connectivity index (χ3v) is 7.32. The summed E-state index contributed by atoms with van der Waals surface area (Å²) in [4.78, 5) is 0. The summed E-state index contributed by atoms with van der Waals surface area (Å²) in [6, 6.07) is 57.8. The summed E-state index contributed by atoms with van der Waals surface area (Å²) in [5, 5.41) is 12.1. The SMILES string of the molecule is OC(c1ccccc1)(c1ccccc1)c1ccc(-c2ccc([C-](c3ccccc3)c3ccccc3)cc2)cc1.[Ho]. The van der Waals surface area contributed by atoms with Crippen molar-refractivity contribution < 1.29 is 42.8 Å². The van der Waals surface area contributed by atoms with Gasteiger partial charge in [0, 0.05) is 37.7 Å². The first-order valence-corrected chi connectivity index (χ1v) is 13.3. The quantitative estimate of drug-likeness (QED) is 0.103. The van der Waals surface area contributed by atoms with Gasteiger partial charge >= 0.3 is 0 Å². The van der Waals surface area contributed by atoms with E-state index >= 15 is 0 Å². The summed E-state index contributed by atoms with van der Waals surface area (Å²) in [6.45, 7) is 0. The average molecular weight is 667 g/mol. The molecule has 1 radical (unpaired) electrons. The van der Waals surface area contributed by atoms with E-state index in [1.165, 1.54) is 22.6 Å². The van der Waals surface area contributed by atoms with Crippen LogP contribution in [-0.2, 0) is 5.60 Å². The monoisotopic (exact) mass is 666 g/mol. The van der Waals surface area contributed by atoms with Crippen molar-refractivity contribution in [2.45, 2.75) is 5.60 Å². The minimum absolute atomic E-state index is 0. The van der Waals surface area contributed by atoms with Gasteiger partial charge in [-0.3, -0.25) is 0 Å². The Hall–Kier alpha value is -3.59. The molecule has 0 bridgehead atoms. The maximum atomic E-state index is 12.1. The van der Waals surface area contributed by atoms with Gasteiger partial charge in [0.15, 0.2) is 0 Å². The van der Waals surface area contributed by atoms with Gasteiger partial charge in [0.2, 0.25) is 0 Å². The molecule has 1 N–H and O–H groups in total. The van der Waals surface area contributed by atoms with Crippen LogP contribution in [0.3, 0.4) is 0 Å². The normalized spacial score (nSPS) is 10.9. The largest absolute Gasteiger partial charge is 0.376 e. The summed E-state index contributed by atoms with van der Waals surface area (Å²) in [6.07, 6.45) is 0. The minimum atomic E-state index is -1.24. The van der Waals surface area contributed by atoms with Crippen LogP contribution in [0.1, 0.15) is 33.4 Å². The van der Waals surface area contributed by atoms with Gasteiger partial charge in [0.05, 0.1) is 0 Å². The summed E-state index contributed by atoms with van der Waals surface area (Å²) in [5.41, 5.74) is 7.10. The molecule has 0 heterocycles. The van der Waals surface area contributed by atoms with Crippen molar-refractivity contribution in [3.63, 3.8) is 0 Å². The van der Waals surface area contributed by atoms with E-state index in [9.17, 15) is 5.11 Å². The molecule has 0 fully saturated rings. The van der Waals surface area contributed by atoms with Crippen molar-refractivity contribution in [1.29, 1.82) is 0 Å². The molecule has 0 aliphatic rings. The van der Waals surface area contributed by atoms with Gasteiger partial charge in [-0.2, -0.15) is 0 Å². The van der Waals surface area contributed by atoms with E-state index in [0.717, 1.165) is 27.8 Å². The molecule has 1 nitrogen and oxygen atoms in total. The second-order valence-corrected chi connectivity index (χ2v) is 9.70. The first-order valence-electron chi connectivity index (χ1n) is 13.3. The molecule has 199 valence electrons. The van der Waals surface area contributed by atoms with Crippen LogP contribution in [0.5, 0.6) is 0 Å². The van der Waals surface area contributed by atoms with Crippen LogP contribution >= 0.6 is 0 Å². The standard InChI is InChI=1S/C38H29O.Ho/c39-38(34-17-9-3-10-18-34,35-19-11-4-12-20-35)36-27-25-30(26-28-36)29-21-23-33(24-22-29)37(31-13-5-1-6-14-31)32-15-7-2-8-16-32;/h1-28,39H;/q-1;. The first kappa shape index (κ1) is 28.0. The molecule has 6 rings (SSSR count). The van der Waals surface area contributed by atoms with Crippen LogP contribution < -0.4 is 0 Å². The number of hydrogen-bond acceptors (Lipinski definition) is 1. The maximum absolute atomic E-state index is 12.1. The van der Waals surface area contributed by atoms with Gasteiger partial charge in [-0.1, -0.05) is 192 Å². The van der Waals surface area contributed by atoms with Gasteiger partial charge in [-0.25, -0.2) is 0 Å². The molecule has 6 aromatic rings. The third kappa shape index (κ3) is 5.66. The van der Waals surface area contributed by atoms with E-state index in [4.69, 9.17) is 0 Å². The topological polar surface area (TPSA) is 20.2 Å². The van der Waals surface area contributed by atoms with Gasteiger partial charge in [0.25, 0.3) is 0 Å². The van der Waals surface area contributed by atoms with Crippen molar-refractivity contribution in [2.75, 3.05) is 0 Å². The molecule has 0 saturated heterocycles. The maximum Gasteiger partial charge on any atom is 0.140 e. The Balaban J connectivity index is 0.00000323.